The molecule has 2 N–H and O–H groups in total. The van der Waals surface area contributed by atoms with Crippen molar-refractivity contribution in [3.63, 3.8) is 0 Å². The monoisotopic (exact) mass is 485 g/mol. The van der Waals surface area contributed by atoms with E-state index in [2.05, 4.69) is 53.4 Å². The molecule has 0 amide bonds. The molecule has 26 heavy (non-hydrogen) atoms. The number of rotatable bonds is 5. The Morgan fingerprint density at radius 1 is 1.27 bits per heavy atom. The second kappa shape index (κ2) is 10.2. The fourth-order valence-electron chi connectivity index (χ4n) is 3.16. The molecule has 2 heterocycles. The van der Waals surface area contributed by atoms with Gasteiger partial charge in [0.1, 0.15) is 0 Å². The minimum Gasteiger partial charge on any atom is -0.355 e. The van der Waals surface area contributed by atoms with Crippen molar-refractivity contribution < 1.29 is 0 Å². The highest BCUT2D eigenvalue weighted by Crippen LogP contribution is 2.25. The van der Waals surface area contributed by atoms with E-state index in [0.717, 1.165) is 36.1 Å². The van der Waals surface area contributed by atoms with Crippen LogP contribution < -0.4 is 10.6 Å². The Hall–Kier alpha value is -1.22. The molecule has 1 aliphatic rings. The highest BCUT2D eigenvalue weighted by atomic mass is 127. The number of nitrogens with zero attached hydrogens (tertiary/aromatic N) is 3. The highest BCUT2D eigenvalue weighted by molar-refractivity contribution is 14.0. The Balaban J connectivity index is 0.00000243. The summed E-state index contributed by atoms with van der Waals surface area (Å²) in [4.78, 5) is 4.35. The summed E-state index contributed by atoms with van der Waals surface area (Å²) < 4.78 is 2.01. The first-order valence-corrected chi connectivity index (χ1v) is 9.90. The Kier molecular flexibility index (Phi) is 8.27. The van der Waals surface area contributed by atoms with Crippen LogP contribution in [0.15, 0.2) is 35.3 Å². The van der Waals surface area contributed by atoms with Gasteiger partial charge in [-0.05, 0) is 44.6 Å². The van der Waals surface area contributed by atoms with E-state index in [9.17, 15) is 0 Å². The molecule has 0 radical (unpaired) electrons. The van der Waals surface area contributed by atoms with E-state index in [-0.39, 0.29) is 24.0 Å². The Morgan fingerprint density at radius 2 is 2.04 bits per heavy atom. The van der Waals surface area contributed by atoms with Gasteiger partial charge in [0.2, 0.25) is 0 Å². The third-order valence-electron chi connectivity index (χ3n) is 4.62. The van der Waals surface area contributed by atoms with Crippen LogP contribution in [0.5, 0.6) is 0 Å². The van der Waals surface area contributed by atoms with E-state index in [4.69, 9.17) is 5.10 Å². The lowest BCUT2D eigenvalue weighted by Crippen LogP contribution is -2.39. The van der Waals surface area contributed by atoms with Gasteiger partial charge in [-0.2, -0.15) is 16.9 Å². The second-order valence-corrected chi connectivity index (χ2v) is 7.75. The van der Waals surface area contributed by atoms with Crippen molar-refractivity contribution in [2.75, 3.05) is 19.3 Å². The number of guanidine groups is 1. The average Bonchev–Trinajstić information content (AvgIpc) is 3.25. The predicted molar refractivity (Wildman–Crippen MR) is 122 cm³/mol. The maximum Gasteiger partial charge on any atom is 0.191 e. The van der Waals surface area contributed by atoms with Crippen molar-refractivity contribution in [2.24, 2.45) is 4.99 Å². The molecule has 142 valence electrons. The van der Waals surface area contributed by atoms with Crippen LogP contribution in [-0.2, 0) is 6.54 Å². The van der Waals surface area contributed by atoms with Gasteiger partial charge in [0.25, 0.3) is 0 Å². The summed E-state index contributed by atoms with van der Waals surface area (Å²) in [6.45, 7) is 5.89. The van der Waals surface area contributed by atoms with E-state index in [1.54, 1.807) is 0 Å². The zero-order chi connectivity index (χ0) is 17.6. The van der Waals surface area contributed by atoms with Crippen LogP contribution in [0, 0.1) is 13.8 Å². The topological polar surface area (TPSA) is 54.2 Å². The molecule has 1 saturated heterocycles. The SMILES string of the molecule is CN=C(NCc1c(C)nn(-c2ccccc2)c1C)NCC1CCCS1.I. The van der Waals surface area contributed by atoms with E-state index >= 15 is 0 Å². The summed E-state index contributed by atoms with van der Waals surface area (Å²) in [7, 11) is 1.82. The lowest BCUT2D eigenvalue weighted by Gasteiger charge is -2.15. The molecule has 1 aromatic carbocycles. The summed E-state index contributed by atoms with van der Waals surface area (Å²) in [5, 5.41) is 12.3. The number of para-hydroxylation sites is 1. The van der Waals surface area contributed by atoms with Crippen molar-refractivity contribution in [2.45, 2.75) is 38.5 Å². The summed E-state index contributed by atoms with van der Waals surface area (Å²) >= 11 is 2.06. The molecule has 0 spiro atoms. The van der Waals surface area contributed by atoms with Gasteiger partial charge >= 0.3 is 0 Å². The van der Waals surface area contributed by atoms with Crippen LogP contribution in [-0.4, -0.2) is 40.3 Å². The average molecular weight is 485 g/mol. The molecular weight excluding hydrogens is 457 g/mol. The smallest absolute Gasteiger partial charge is 0.191 e. The van der Waals surface area contributed by atoms with Gasteiger partial charge in [-0.25, -0.2) is 4.68 Å². The fraction of sp³-hybridized carbons (Fsp3) is 0.474. The maximum absolute atomic E-state index is 4.71. The zero-order valence-electron chi connectivity index (χ0n) is 15.7. The lowest BCUT2D eigenvalue weighted by atomic mass is 10.2. The number of aliphatic imine (C=N–C) groups is 1. The number of aryl methyl sites for hydroxylation is 1. The molecule has 0 aliphatic carbocycles. The molecule has 3 rings (SSSR count). The van der Waals surface area contributed by atoms with E-state index < -0.39 is 0 Å². The Labute approximate surface area is 177 Å². The first-order chi connectivity index (χ1) is 12.2. The van der Waals surface area contributed by atoms with Gasteiger partial charge in [-0.3, -0.25) is 4.99 Å². The van der Waals surface area contributed by atoms with Crippen LogP contribution >= 0.6 is 35.7 Å². The third-order valence-corrected chi connectivity index (χ3v) is 6.02. The summed E-state index contributed by atoms with van der Waals surface area (Å²) in [6, 6.07) is 10.3. The number of benzene rings is 1. The van der Waals surface area contributed by atoms with Crippen LogP contribution in [0.2, 0.25) is 0 Å². The summed E-state index contributed by atoms with van der Waals surface area (Å²) in [6.07, 6.45) is 2.64. The van der Waals surface area contributed by atoms with Gasteiger partial charge in [0.15, 0.2) is 5.96 Å². The minimum absolute atomic E-state index is 0. The molecule has 1 aromatic heterocycles. The fourth-order valence-corrected chi connectivity index (χ4v) is 4.36. The van der Waals surface area contributed by atoms with Crippen molar-refractivity contribution in [1.29, 1.82) is 0 Å². The molecular formula is C19H28IN5S. The lowest BCUT2D eigenvalue weighted by molar-refractivity contribution is 0.725. The Bertz CT molecular complexity index is 723. The highest BCUT2D eigenvalue weighted by Gasteiger charge is 2.16. The van der Waals surface area contributed by atoms with Gasteiger partial charge in [-0.1, -0.05) is 18.2 Å². The van der Waals surface area contributed by atoms with E-state index in [1.165, 1.54) is 24.2 Å². The van der Waals surface area contributed by atoms with Crippen LogP contribution in [0.25, 0.3) is 5.69 Å². The molecule has 1 fully saturated rings. The summed E-state index contributed by atoms with van der Waals surface area (Å²) in [5.74, 6) is 2.15. The zero-order valence-corrected chi connectivity index (χ0v) is 18.8. The molecule has 0 saturated carbocycles. The predicted octanol–water partition coefficient (Wildman–Crippen LogP) is 3.67. The third kappa shape index (κ3) is 5.16. The first-order valence-electron chi connectivity index (χ1n) is 8.85. The summed E-state index contributed by atoms with van der Waals surface area (Å²) in [5.41, 5.74) is 4.53. The normalized spacial score (nSPS) is 17.0. The number of hydrogen-bond acceptors (Lipinski definition) is 3. The van der Waals surface area contributed by atoms with Crippen LogP contribution in [0.3, 0.4) is 0 Å². The number of hydrogen-bond donors (Lipinski definition) is 2. The number of aromatic nitrogens is 2. The van der Waals surface area contributed by atoms with Crippen molar-refractivity contribution in [1.82, 2.24) is 20.4 Å². The van der Waals surface area contributed by atoms with E-state index in [0.29, 0.717) is 5.25 Å². The molecule has 7 heteroatoms. The largest absolute Gasteiger partial charge is 0.355 e. The quantitative estimate of drug-likeness (QED) is 0.386. The first kappa shape index (κ1) is 21.1. The van der Waals surface area contributed by atoms with E-state index in [1.807, 2.05) is 29.9 Å². The second-order valence-electron chi connectivity index (χ2n) is 6.34. The minimum atomic E-state index is 0. The molecule has 5 nitrogen and oxygen atoms in total. The van der Waals surface area contributed by atoms with Crippen molar-refractivity contribution in [3.05, 3.63) is 47.3 Å². The maximum atomic E-state index is 4.71. The molecule has 1 atom stereocenters. The van der Waals surface area contributed by atoms with Crippen LogP contribution in [0.1, 0.15) is 29.8 Å². The molecule has 1 unspecified atom stereocenters. The van der Waals surface area contributed by atoms with Gasteiger partial charge in [0, 0.05) is 36.6 Å². The number of thioether (sulfide) groups is 1. The van der Waals surface area contributed by atoms with Crippen molar-refractivity contribution in [3.8, 4) is 5.69 Å². The number of halogens is 1. The van der Waals surface area contributed by atoms with Gasteiger partial charge < -0.3 is 10.6 Å². The van der Waals surface area contributed by atoms with Gasteiger partial charge in [0.05, 0.1) is 11.4 Å². The molecule has 0 bridgehead atoms. The molecule has 1 aliphatic heterocycles. The number of nitrogens with one attached hydrogen (secondary N) is 2. The van der Waals surface area contributed by atoms with Gasteiger partial charge in [-0.15, -0.1) is 24.0 Å². The standard InChI is InChI=1S/C19H27N5S.HI/c1-14-18(15(2)24(23-14)16-8-5-4-6-9-16)13-22-19(20-3)21-12-17-10-7-11-25-17;/h4-6,8-9,17H,7,10-13H2,1-3H3,(H2,20,21,22);1H. The Morgan fingerprint density at radius 3 is 2.69 bits per heavy atom. The van der Waals surface area contributed by atoms with Crippen LogP contribution in [0.4, 0.5) is 0 Å². The van der Waals surface area contributed by atoms with Crippen molar-refractivity contribution >= 4 is 41.7 Å². The molecule has 2 aromatic rings.